The Hall–Kier alpha value is -2.05. The van der Waals surface area contributed by atoms with Crippen molar-refractivity contribution in [1.82, 2.24) is 0 Å². The van der Waals surface area contributed by atoms with Crippen molar-refractivity contribution in [2.75, 3.05) is 5.32 Å². The number of carbonyl (C=O) groups excluding carboxylic acids is 2. The summed E-state index contributed by atoms with van der Waals surface area (Å²) in [6.07, 6.45) is -4.32. The molecule has 86 valence electrons. The first kappa shape index (κ1) is 12.0. The Morgan fingerprint density at radius 2 is 2.00 bits per heavy atom. The van der Waals surface area contributed by atoms with Crippen LogP contribution in [0.4, 0.5) is 18.9 Å². The van der Waals surface area contributed by atoms with Gasteiger partial charge >= 0.3 is 6.18 Å². The van der Waals surface area contributed by atoms with Crippen LogP contribution in [0.2, 0.25) is 0 Å². The van der Waals surface area contributed by atoms with Gasteiger partial charge in [-0.25, -0.2) is 0 Å². The third kappa shape index (κ3) is 2.50. The van der Waals surface area contributed by atoms with Gasteiger partial charge in [-0.05, 0) is 18.2 Å². The highest BCUT2D eigenvalue weighted by Crippen LogP contribution is 2.31. The summed E-state index contributed by atoms with van der Waals surface area (Å²) >= 11 is 0. The van der Waals surface area contributed by atoms with Gasteiger partial charge < -0.3 is 11.1 Å². The normalized spacial score (nSPS) is 10.9. The van der Waals surface area contributed by atoms with Crippen molar-refractivity contribution >= 4 is 18.0 Å². The number of amides is 2. The summed E-state index contributed by atoms with van der Waals surface area (Å²) in [5.74, 6) is -1.05. The molecule has 0 saturated carbocycles. The molecule has 0 aliphatic rings. The molecule has 0 unspecified atom stereocenters. The Balaban J connectivity index is 3.28. The van der Waals surface area contributed by atoms with Crippen molar-refractivity contribution in [3.8, 4) is 0 Å². The van der Waals surface area contributed by atoms with Gasteiger partial charge in [-0.3, -0.25) is 9.59 Å². The molecule has 0 aromatic heterocycles. The Bertz CT molecular complexity index is 429. The molecule has 2 amide bonds. The van der Waals surface area contributed by atoms with Gasteiger partial charge in [-0.2, -0.15) is 13.2 Å². The van der Waals surface area contributed by atoms with E-state index in [2.05, 4.69) is 5.32 Å². The molecule has 4 nitrogen and oxygen atoms in total. The highest BCUT2D eigenvalue weighted by Gasteiger charge is 2.31. The van der Waals surface area contributed by atoms with E-state index >= 15 is 0 Å². The summed E-state index contributed by atoms with van der Waals surface area (Å²) in [5.41, 5.74) is 3.45. The monoisotopic (exact) mass is 232 g/mol. The lowest BCUT2D eigenvalue weighted by atomic mass is 10.1. The first-order valence-electron chi connectivity index (χ1n) is 4.07. The van der Waals surface area contributed by atoms with Crippen molar-refractivity contribution in [3.63, 3.8) is 0 Å². The minimum atomic E-state index is -4.57. The molecule has 0 bridgehead atoms. The third-order valence-corrected chi connectivity index (χ3v) is 1.83. The summed E-state index contributed by atoms with van der Waals surface area (Å²) in [7, 11) is 0. The fourth-order valence-corrected chi connectivity index (χ4v) is 1.11. The lowest BCUT2D eigenvalue weighted by Gasteiger charge is -2.10. The molecule has 0 radical (unpaired) electrons. The van der Waals surface area contributed by atoms with E-state index in [0.717, 1.165) is 12.1 Å². The van der Waals surface area contributed by atoms with E-state index in [9.17, 15) is 22.8 Å². The van der Waals surface area contributed by atoms with Crippen LogP contribution in [0.25, 0.3) is 0 Å². The average molecular weight is 232 g/mol. The number of nitrogens with two attached hydrogens (primary N) is 1. The molecular weight excluding hydrogens is 225 g/mol. The van der Waals surface area contributed by atoms with Gasteiger partial charge in [0.25, 0.3) is 5.91 Å². The number of halogens is 3. The van der Waals surface area contributed by atoms with Crippen molar-refractivity contribution in [3.05, 3.63) is 29.3 Å². The first-order chi connectivity index (χ1) is 7.36. The topological polar surface area (TPSA) is 72.2 Å². The molecule has 0 aliphatic heterocycles. The number of primary amides is 1. The lowest BCUT2D eigenvalue weighted by molar-refractivity contribution is -0.137. The number of hydrogen-bond acceptors (Lipinski definition) is 2. The van der Waals surface area contributed by atoms with Gasteiger partial charge in [-0.1, -0.05) is 0 Å². The molecule has 0 aliphatic carbocycles. The van der Waals surface area contributed by atoms with Gasteiger partial charge in [0.05, 0.1) is 16.8 Å². The minimum Gasteiger partial charge on any atom is -0.366 e. The van der Waals surface area contributed by atoms with Crippen molar-refractivity contribution in [2.45, 2.75) is 6.18 Å². The zero-order valence-corrected chi connectivity index (χ0v) is 7.84. The Labute approximate surface area is 88.2 Å². The number of benzene rings is 1. The van der Waals surface area contributed by atoms with Gasteiger partial charge in [0.1, 0.15) is 0 Å². The van der Waals surface area contributed by atoms with Crippen LogP contribution >= 0.6 is 0 Å². The lowest BCUT2D eigenvalue weighted by Crippen LogP contribution is -2.16. The van der Waals surface area contributed by atoms with Crippen LogP contribution in [0, 0.1) is 0 Å². The Morgan fingerprint density at radius 3 is 2.44 bits per heavy atom. The van der Waals surface area contributed by atoms with E-state index < -0.39 is 17.6 Å². The predicted molar refractivity (Wildman–Crippen MR) is 49.6 cm³/mol. The standard InChI is InChI=1S/C9H7F3N2O2/c10-9(11,12)5-1-2-7(14-4-15)6(3-5)8(13)16/h1-4H,(H2,13,16)(H,14,15). The van der Waals surface area contributed by atoms with Gasteiger partial charge in [-0.15, -0.1) is 0 Å². The van der Waals surface area contributed by atoms with Crippen LogP contribution < -0.4 is 11.1 Å². The summed E-state index contributed by atoms with van der Waals surface area (Å²) in [6, 6.07) is 2.31. The van der Waals surface area contributed by atoms with Crippen LogP contribution in [0.5, 0.6) is 0 Å². The zero-order chi connectivity index (χ0) is 12.3. The molecule has 0 spiro atoms. The predicted octanol–water partition coefficient (Wildman–Crippen LogP) is 1.37. The van der Waals surface area contributed by atoms with Crippen LogP contribution in [-0.2, 0) is 11.0 Å². The maximum atomic E-state index is 12.3. The molecule has 1 rings (SSSR count). The number of rotatable bonds is 3. The van der Waals surface area contributed by atoms with Crippen LogP contribution in [-0.4, -0.2) is 12.3 Å². The number of nitrogens with one attached hydrogen (secondary N) is 1. The third-order valence-electron chi connectivity index (χ3n) is 1.83. The van der Waals surface area contributed by atoms with E-state index in [1.807, 2.05) is 0 Å². The Morgan fingerprint density at radius 1 is 1.38 bits per heavy atom. The van der Waals surface area contributed by atoms with Crippen LogP contribution in [0.1, 0.15) is 15.9 Å². The van der Waals surface area contributed by atoms with E-state index in [-0.39, 0.29) is 17.7 Å². The SMILES string of the molecule is NC(=O)c1cc(C(F)(F)F)ccc1NC=O. The molecule has 0 atom stereocenters. The molecule has 1 aromatic rings. The fraction of sp³-hybridized carbons (Fsp3) is 0.111. The van der Waals surface area contributed by atoms with E-state index in [1.54, 1.807) is 0 Å². The van der Waals surface area contributed by atoms with E-state index in [4.69, 9.17) is 5.73 Å². The summed E-state index contributed by atoms with van der Waals surface area (Å²) in [6.45, 7) is 0. The molecule has 16 heavy (non-hydrogen) atoms. The zero-order valence-electron chi connectivity index (χ0n) is 7.84. The quantitative estimate of drug-likeness (QED) is 0.772. The second-order valence-electron chi connectivity index (χ2n) is 2.88. The smallest absolute Gasteiger partial charge is 0.366 e. The second kappa shape index (κ2) is 4.21. The number of alkyl halides is 3. The molecular formula is C9H7F3N2O2. The highest BCUT2D eigenvalue weighted by molar-refractivity contribution is 6.00. The Kier molecular flexibility index (Phi) is 3.17. The first-order valence-corrected chi connectivity index (χ1v) is 4.07. The molecule has 0 fully saturated rings. The molecule has 3 N–H and O–H groups in total. The summed E-state index contributed by atoms with van der Waals surface area (Å²) in [4.78, 5) is 21.0. The molecule has 0 heterocycles. The number of carbonyl (C=O) groups is 2. The van der Waals surface area contributed by atoms with E-state index in [0.29, 0.717) is 6.07 Å². The molecule has 1 aromatic carbocycles. The summed E-state index contributed by atoms with van der Waals surface area (Å²) in [5, 5.41) is 2.09. The highest BCUT2D eigenvalue weighted by atomic mass is 19.4. The number of hydrogen-bond donors (Lipinski definition) is 2. The largest absolute Gasteiger partial charge is 0.416 e. The van der Waals surface area contributed by atoms with Gasteiger partial charge in [0.15, 0.2) is 0 Å². The maximum absolute atomic E-state index is 12.3. The maximum Gasteiger partial charge on any atom is 0.416 e. The minimum absolute atomic E-state index is 0.0597. The van der Waals surface area contributed by atoms with Crippen LogP contribution in [0.3, 0.4) is 0 Å². The summed E-state index contributed by atoms with van der Waals surface area (Å²) < 4.78 is 36.9. The number of anilines is 1. The van der Waals surface area contributed by atoms with Crippen molar-refractivity contribution in [2.24, 2.45) is 5.73 Å². The molecule has 7 heteroatoms. The van der Waals surface area contributed by atoms with Crippen LogP contribution in [0.15, 0.2) is 18.2 Å². The van der Waals surface area contributed by atoms with Crippen molar-refractivity contribution < 1.29 is 22.8 Å². The average Bonchev–Trinajstić information content (AvgIpc) is 2.16. The second-order valence-corrected chi connectivity index (χ2v) is 2.88. The van der Waals surface area contributed by atoms with Crippen molar-refractivity contribution in [1.29, 1.82) is 0 Å². The van der Waals surface area contributed by atoms with E-state index in [1.165, 1.54) is 0 Å². The van der Waals surface area contributed by atoms with Gasteiger partial charge in [0, 0.05) is 0 Å². The van der Waals surface area contributed by atoms with Gasteiger partial charge in [0.2, 0.25) is 6.41 Å². The fourth-order valence-electron chi connectivity index (χ4n) is 1.11. The molecule has 0 saturated heterocycles.